The summed E-state index contributed by atoms with van der Waals surface area (Å²) in [5, 5.41) is 0.118. The summed E-state index contributed by atoms with van der Waals surface area (Å²) in [6.45, 7) is 2.26. The molecule has 4 heteroatoms. The Morgan fingerprint density at radius 3 is 2.70 bits per heavy atom. The van der Waals surface area contributed by atoms with E-state index >= 15 is 0 Å². The molecule has 0 radical (unpaired) electrons. The average Bonchev–Trinajstić information content (AvgIpc) is 2.40. The van der Waals surface area contributed by atoms with Crippen molar-refractivity contribution in [3.05, 3.63) is 64.4 Å². The van der Waals surface area contributed by atoms with E-state index in [4.69, 9.17) is 22.1 Å². The van der Waals surface area contributed by atoms with Crippen LogP contribution in [0.15, 0.2) is 42.5 Å². The minimum Gasteiger partial charge on any atom is -0.489 e. The first kappa shape index (κ1) is 14.8. The smallest absolute Gasteiger partial charge is 0.142 e. The van der Waals surface area contributed by atoms with Crippen LogP contribution in [0.3, 0.4) is 0 Å². The fourth-order valence-corrected chi connectivity index (χ4v) is 2.05. The summed E-state index contributed by atoms with van der Waals surface area (Å²) in [5.41, 5.74) is 7.64. The minimum atomic E-state index is -0.432. The minimum absolute atomic E-state index is 0.107. The monoisotopic (exact) mass is 293 g/mol. The van der Waals surface area contributed by atoms with Crippen molar-refractivity contribution in [3.63, 3.8) is 0 Å². The largest absolute Gasteiger partial charge is 0.489 e. The Kier molecular flexibility index (Phi) is 4.99. The molecule has 0 spiro atoms. The lowest BCUT2D eigenvalue weighted by atomic mass is 10.1. The van der Waals surface area contributed by atoms with Crippen LogP contribution in [0, 0.1) is 5.82 Å². The highest BCUT2D eigenvalue weighted by Crippen LogP contribution is 2.19. The summed E-state index contributed by atoms with van der Waals surface area (Å²) in [6, 6.07) is 12.5. The fraction of sp³-hybridized carbons (Fsp3) is 0.250. The van der Waals surface area contributed by atoms with Gasteiger partial charge in [0.2, 0.25) is 0 Å². The summed E-state index contributed by atoms with van der Waals surface area (Å²) in [4.78, 5) is 0. The highest BCUT2D eigenvalue weighted by Gasteiger charge is 2.03. The maximum Gasteiger partial charge on any atom is 0.142 e. The maximum absolute atomic E-state index is 13.3. The average molecular weight is 294 g/mol. The van der Waals surface area contributed by atoms with Gasteiger partial charge in [0, 0.05) is 6.04 Å². The van der Waals surface area contributed by atoms with Crippen molar-refractivity contribution in [1.29, 1.82) is 0 Å². The summed E-state index contributed by atoms with van der Waals surface area (Å²) in [7, 11) is 0. The van der Waals surface area contributed by atoms with Gasteiger partial charge < -0.3 is 10.5 Å². The SMILES string of the molecule is CC(N)Cc1cccc(OCc2ccc(Cl)c(F)c2)c1. The molecule has 0 aromatic heterocycles. The van der Waals surface area contributed by atoms with Crippen LogP contribution in [0.4, 0.5) is 4.39 Å². The molecule has 2 aromatic carbocycles. The third kappa shape index (κ3) is 4.22. The molecule has 0 amide bonds. The standard InChI is InChI=1S/C16H17ClFNO/c1-11(19)7-12-3-2-4-14(8-12)20-10-13-5-6-15(17)16(18)9-13/h2-6,8-9,11H,7,10,19H2,1H3. The van der Waals surface area contributed by atoms with E-state index in [2.05, 4.69) is 0 Å². The van der Waals surface area contributed by atoms with Crippen LogP contribution < -0.4 is 10.5 Å². The Morgan fingerprint density at radius 2 is 2.00 bits per heavy atom. The molecule has 0 aliphatic rings. The third-order valence-corrected chi connectivity index (χ3v) is 3.15. The first-order chi connectivity index (χ1) is 9.54. The molecule has 0 fully saturated rings. The molecular weight excluding hydrogens is 277 g/mol. The molecular formula is C16H17ClFNO. The molecule has 0 aliphatic heterocycles. The Morgan fingerprint density at radius 1 is 1.20 bits per heavy atom. The molecule has 2 nitrogen and oxygen atoms in total. The fourth-order valence-electron chi connectivity index (χ4n) is 1.93. The number of benzene rings is 2. The van der Waals surface area contributed by atoms with E-state index in [0.29, 0.717) is 6.61 Å². The molecule has 1 atom stereocenters. The van der Waals surface area contributed by atoms with Crippen LogP contribution in [0.25, 0.3) is 0 Å². The zero-order valence-corrected chi connectivity index (χ0v) is 12.0. The second-order valence-electron chi connectivity index (χ2n) is 4.87. The first-order valence-corrected chi connectivity index (χ1v) is 6.83. The quantitative estimate of drug-likeness (QED) is 0.906. The third-order valence-electron chi connectivity index (χ3n) is 2.85. The molecule has 20 heavy (non-hydrogen) atoms. The van der Waals surface area contributed by atoms with Crippen molar-refractivity contribution in [2.45, 2.75) is 26.0 Å². The first-order valence-electron chi connectivity index (χ1n) is 6.46. The number of ether oxygens (including phenoxy) is 1. The van der Waals surface area contributed by atoms with E-state index in [9.17, 15) is 4.39 Å². The summed E-state index contributed by atoms with van der Waals surface area (Å²) in [6.07, 6.45) is 0.798. The molecule has 2 rings (SSSR count). The highest BCUT2D eigenvalue weighted by atomic mass is 35.5. The molecule has 0 heterocycles. The van der Waals surface area contributed by atoms with Gasteiger partial charge in [0.05, 0.1) is 5.02 Å². The lowest BCUT2D eigenvalue weighted by Crippen LogP contribution is -2.17. The number of hydrogen-bond donors (Lipinski definition) is 1. The molecule has 0 aliphatic carbocycles. The van der Waals surface area contributed by atoms with E-state index < -0.39 is 5.82 Å². The van der Waals surface area contributed by atoms with Crippen molar-refractivity contribution < 1.29 is 9.13 Å². The van der Waals surface area contributed by atoms with Gasteiger partial charge in [-0.05, 0) is 48.7 Å². The van der Waals surface area contributed by atoms with Crippen LogP contribution in [0.2, 0.25) is 5.02 Å². The van der Waals surface area contributed by atoms with Gasteiger partial charge >= 0.3 is 0 Å². The molecule has 2 aromatic rings. The van der Waals surface area contributed by atoms with E-state index in [-0.39, 0.29) is 11.1 Å². The molecule has 1 unspecified atom stereocenters. The second-order valence-corrected chi connectivity index (χ2v) is 5.27. The van der Waals surface area contributed by atoms with Crippen molar-refractivity contribution in [2.75, 3.05) is 0 Å². The van der Waals surface area contributed by atoms with E-state index in [1.165, 1.54) is 12.1 Å². The van der Waals surface area contributed by atoms with Gasteiger partial charge in [0.15, 0.2) is 0 Å². The Balaban J connectivity index is 2.01. The van der Waals surface area contributed by atoms with Gasteiger partial charge in [-0.3, -0.25) is 0 Å². The van der Waals surface area contributed by atoms with Gasteiger partial charge in [0.1, 0.15) is 18.2 Å². The molecule has 0 saturated carbocycles. The summed E-state index contributed by atoms with van der Waals surface area (Å²) >= 11 is 5.64. The number of halogens is 2. The zero-order chi connectivity index (χ0) is 14.5. The number of hydrogen-bond acceptors (Lipinski definition) is 2. The number of nitrogens with two attached hydrogens (primary N) is 1. The van der Waals surface area contributed by atoms with Crippen LogP contribution >= 0.6 is 11.6 Å². The van der Waals surface area contributed by atoms with Crippen molar-refractivity contribution in [1.82, 2.24) is 0 Å². The predicted molar refractivity (Wildman–Crippen MR) is 79.5 cm³/mol. The van der Waals surface area contributed by atoms with E-state index in [1.807, 2.05) is 31.2 Å². The normalized spacial score (nSPS) is 12.2. The van der Waals surface area contributed by atoms with Gasteiger partial charge in [-0.25, -0.2) is 4.39 Å². The topological polar surface area (TPSA) is 35.2 Å². The van der Waals surface area contributed by atoms with E-state index in [1.54, 1.807) is 6.07 Å². The molecule has 106 valence electrons. The van der Waals surface area contributed by atoms with Crippen LogP contribution in [-0.4, -0.2) is 6.04 Å². The Bertz CT molecular complexity index is 586. The van der Waals surface area contributed by atoms with E-state index in [0.717, 1.165) is 23.3 Å². The van der Waals surface area contributed by atoms with Crippen molar-refractivity contribution in [3.8, 4) is 5.75 Å². The van der Waals surface area contributed by atoms with Gasteiger partial charge in [-0.1, -0.05) is 29.8 Å². The Labute approximate surface area is 123 Å². The predicted octanol–water partition coefficient (Wildman–Crippen LogP) is 3.95. The zero-order valence-electron chi connectivity index (χ0n) is 11.3. The summed E-state index contributed by atoms with van der Waals surface area (Å²) in [5.74, 6) is 0.317. The van der Waals surface area contributed by atoms with Gasteiger partial charge in [-0.2, -0.15) is 0 Å². The number of rotatable bonds is 5. The van der Waals surface area contributed by atoms with Gasteiger partial charge in [-0.15, -0.1) is 0 Å². The van der Waals surface area contributed by atoms with Crippen LogP contribution in [0.5, 0.6) is 5.75 Å². The summed E-state index contributed by atoms with van der Waals surface area (Å²) < 4.78 is 19.0. The van der Waals surface area contributed by atoms with Crippen LogP contribution in [-0.2, 0) is 13.0 Å². The Hall–Kier alpha value is -1.58. The van der Waals surface area contributed by atoms with Crippen LogP contribution in [0.1, 0.15) is 18.1 Å². The van der Waals surface area contributed by atoms with Gasteiger partial charge in [0.25, 0.3) is 0 Å². The lowest BCUT2D eigenvalue weighted by molar-refractivity contribution is 0.305. The molecule has 2 N–H and O–H groups in total. The lowest BCUT2D eigenvalue weighted by Gasteiger charge is -2.10. The molecule has 0 bridgehead atoms. The molecule has 0 saturated heterocycles. The highest BCUT2D eigenvalue weighted by molar-refractivity contribution is 6.30. The second kappa shape index (κ2) is 6.73. The maximum atomic E-state index is 13.3. The van der Waals surface area contributed by atoms with Crippen molar-refractivity contribution in [2.24, 2.45) is 5.73 Å². The van der Waals surface area contributed by atoms with Crippen molar-refractivity contribution >= 4 is 11.6 Å².